The Morgan fingerprint density at radius 3 is 1.94 bits per heavy atom. The third kappa shape index (κ3) is 5.41. The van der Waals surface area contributed by atoms with Crippen molar-refractivity contribution in [2.45, 2.75) is 66.7 Å². The minimum atomic E-state index is -4.02. The fourth-order valence-corrected chi connectivity index (χ4v) is 5.95. The molecule has 0 N–H and O–H groups in total. The van der Waals surface area contributed by atoms with Gasteiger partial charge in [0, 0.05) is 16.7 Å². The van der Waals surface area contributed by atoms with Crippen molar-refractivity contribution in [3.8, 4) is 0 Å². The first-order chi connectivity index (χ1) is 15.1. The quantitative estimate of drug-likeness (QED) is 0.397. The molecule has 6 nitrogen and oxygen atoms in total. The van der Waals surface area contributed by atoms with Gasteiger partial charge in [-0.2, -0.15) is 0 Å². The van der Waals surface area contributed by atoms with Gasteiger partial charge in [0.15, 0.2) is 11.5 Å². The molecule has 3 rings (SSSR count). The Morgan fingerprint density at radius 2 is 1.44 bits per heavy atom. The average Bonchev–Trinajstić information content (AvgIpc) is 2.74. The van der Waals surface area contributed by atoms with Crippen LogP contribution in [0.2, 0.25) is 0 Å². The predicted octanol–water partition coefficient (Wildman–Crippen LogP) is 6.76. The molecule has 176 valence electrons. The zero-order valence-corrected chi connectivity index (χ0v) is 20.7. The summed E-state index contributed by atoms with van der Waals surface area (Å²) >= 11 is 0. The van der Waals surface area contributed by atoms with E-state index in [9.17, 15) is 14.2 Å². The van der Waals surface area contributed by atoms with E-state index >= 15 is 0 Å². The summed E-state index contributed by atoms with van der Waals surface area (Å²) in [5.41, 5.74) is 1.17. The summed E-state index contributed by atoms with van der Waals surface area (Å²) < 4.78 is 29.2. The van der Waals surface area contributed by atoms with Crippen LogP contribution < -0.4 is 0 Å². The van der Waals surface area contributed by atoms with Crippen LogP contribution in [-0.4, -0.2) is 24.8 Å². The molecule has 0 unspecified atom stereocenters. The van der Waals surface area contributed by atoms with Crippen molar-refractivity contribution < 1.29 is 27.7 Å². The lowest BCUT2D eigenvalue weighted by atomic mass is 9.68. The standard InChI is InChI=1S/C25H35O6P/c1-6-29-32(28,30-7-2)31-24-21(16-17-12-14-18(15-13-17)25(3,4)5)22(26)19-10-8-9-11-20(19)23(24)27/h8-11,17-18H,6-7,12-16H2,1-5H3. The van der Waals surface area contributed by atoms with Gasteiger partial charge in [-0.3, -0.25) is 18.6 Å². The Labute approximate surface area is 191 Å². The molecule has 0 atom stereocenters. The van der Waals surface area contributed by atoms with E-state index in [4.69, 9.17) is 13.6 Å². The largest absolute Gasteiger partial charge is 0.530 e. The minimum Gasteiger partial charge on any atom is -0.399 e. The molecule has 0 bridgehead atoms. The molecule has 1 aromatic carbocycles. The molecule has 1 saturated carbocycles. The fourth-order valence-electron chi connectivity index (χ4n) is 4.73. The van der Waals surface area contributed by atoms with Crippen LogP contribution in [0.4, 0.5) is 0 Å². The Balaban J connectivity index is 1.93. The normalized spacial score (nSPS) is 22.2. The lowest BCUT2D eigenvalue weighted by molar-refractivity contribution is 0.0879. The van der Waals surface area contributed by atoms with Crippen LogP contribution >= 0.6 is 7.82 Å². The van der Waals surface area contributed by atoms with Gasteiger partial charge in [-0.1, -0.05) is 45.0 Å². The fraction of sp³-hybridized carbons (Fsp3) is 0.600. The number of rotatable bonds is 8. The molecule has 2 aliphatic carbocycles. The molecular formula is C25H35O6P. The number of hydrogen-bond acceptors (Lipinski definition) is 6. The summed E-state index contributed by atoms with van der Waals surface area (Å²) in [5, 5.41) is 0. The zero-order chi connectivity index (χ0) is 23.5. The van der Waals surface area contributed by atoms with Crippen molar-refractivity contribution >= 4 is 19.4 Å². The molecule has 0 radical (unpaired) electrons. The number of benzene rings is 1. The summed E-state index contributed by atoms with van der Waals surface area (Å²) in [6.45, 7) is 10.3. The predicted molar refractivity (Wildman–Crippen MR) is 124 cm³/mol. The van der Waals surface area contributed by atoms with Crippen molar-refractivity contribution in [3.05, 3.63) is 46.7 Å². The zero-order valence-electron chi connectivity index (χ0n) is 19.8. The lowest BCUT2D eigenvalue weighted by Crippen LogP contribution is -2.28. The maximum Gasteiger partial charge on any atom is 0.530 e. The highest BCUT2D eigenvalue weighted by Gasteiger charge is 2.40. The second-order valence-electron chi connectivity index (χ2n) is 9.67. The van der Waals surface area contributed by atoms with Crippen LogP contribution in [-0.2, 0) is 18.1 Å². The third-order valence-corrected chi connectivity index (χ3v) is 8.07. The van der Waals surface area contributed by atoms with Crippen LogP contribution in [0.1, 0.15) is 87.4 Å². The van der Waals surface area contributed by atoms with Gasteiger partial charge in [-0.25, -0.2) is 4.57 Å². The summed E-state index contributed by atoms with van der Waals surface area (Å²) in [6.07, 6.45) is 4.57. The third-order valence-electron chi connectivity index (χ3n) is 6.51. The lowest BCUT2D eigenvalue weighted by Gasteiger charge is -2.37. The van der Waals surface area contributed by atoms with E-state index < -0.39 is 13.6 Å². The molecule has 32 heavy (non-hydrogen) atoms. The molecule has 1 aromatic rings. The molecule has 0 saturated heterocycles. The van der Waals surface area contributed by atoms with Gasteiger partial charge in [0.05, 0.1) is 13.2 Å². The molecular weight excluding hydrogens is 427 g/mol. The topological polar surface area (TPSA) is 78.9 Å². The summed E-state index contributed by atoms with van der Waals surface area (Å²) in [7, 11) is -4.02. The summed E-state index contributed by atoms with van der Waals surface area (Å²) in [5.74, 6) is 0.0366. The SMILES string of the molecule is CCOP(=O)(OCC)OC1=C(CC2CCC(C(C)(C)C)CC2)C(=O)c2ccccc2C1=O. The van der Waals surface area contributed by atoms with Gasteiger partial charge < -0.3 is 4.52 Å². The van der Waals surface area contributed by atoms with Gasteiger partial charge in [0.1, 0.15) is 0 Å². The Morgan fingerprint density at radius 1 is 0.906 bits per heavy atom. The highest BCUT2D eigenvalue weighted by atomic mass is 31.2. The summed E-state index contributed by atoms with van der Waals surface area (Å²) in [4.78, 5) is 26.7. The van der Waals surface area contributed by atoms with Gasteiger partial charge >= 0.3 is 7.82 Å². The first-order valence-corrected chi connectivity index (χ1v) is 13.1. The average molecular weight is 463 g/mol. The number of carbonyl (C=O) groups is 2. The van der Waals surface area contributed by atoms with Crippen LogP contribution in [0.15, 0.2) is 35.6 Å². The van der Waals surface area contributed by atoms with Crippen LogP contribution in [0, 0.1) is 17.3 Å². The number of phosphoric ester groups is 1. The molecule has 0 heterocycles. The van der Waals surface area contributed by atoms with Crippen LogP contribution in [0.3, 0.4) is 0 Å². The van der Waals surface area contributed by atoms with E-state index in [0.29, 0.717) is 17.9 Å². The molecule has 0 aliphatic heterocycles. The minimum absolute atomic E-state index is 0.0927. The van der Waals surface area contributed by atoms with E-state index in [-0.39, 0.29) is 47.2 Å². The van der Waals surface area contributed by atoms with Crippen molar-refractivity contribution in [1.29, 1.82) is 0 Å². The Kier molecular flexibility index (Phi) is 7.80. The van der Waals surface area contributed by atoms with Crippen molar-refractivity contribution in [2.24, 2.45) is 17.3 Å². The van der Waals surface area contributed by atoms with Crippen molar-refractivity contribution in [1.82, 2.24) is 0 Å². The number of allylic oxidation sites excluding steroid dienone is 2. The second kappa shape index (κ2) is 10.0. The van der Waals surface area contributed by atoms with Gasteiger partial charge in [-0.05, 0) is 63.2 Å². The second-order valence-corrected chi connectivity index (χ2v) is 11.3. The number of phosphoric acid groups is 1. The van der Waals surface area contributed by atoms with E-state index in [1.165, 1.54) is 0 Å². The molecule has 2 aliphatic rings. The van der Waals surface area contributed by atoms with Crippen molar-refractivity contribution in [3.63, 3.8) is 0 Å². The van der Waals surface area contributed by atoms with Gasteiger partial charge in [0.2, 0.25) is 5.78 Å². The number of hydrogen-bond donors (Lipinski definition) is 0. The maximum atomic E-state index is 13.4. The van der Waals surface area contributed by atoms with Crippen LogP contribution in [0.5, 0.6) is 0 Å². The van der Waals surface area contributed by atoms with E-state index in [1.807, 2.05) is 0 Å². The molecule has 0 amide bonds. The number of Topliss-reactive ketones (excluding diaryl/α,β-unsaturated/α-hetero) is 2. The molecule has 1 fully saturated rings. The Bertz CT molecular complexity index is 924. The smallest absolute Gasteiger partial charge is 0.399 e. The highest BCUT2D eigenvalue weighted by molar-refractivity contribution is 7.48. The first-order valence-electron chi connectivity index (χ1n) is 11.6. The Hall–Kier alpha value is -1.75. The van der Waals surface area contributed by atoms with E-state index in [0.717, 1.165) is 25.7 Å². The monoisotopic (exact) mass is 462 g/mol. The van der Waals surface area contributed by atoms with Crippen LogP contribution in [0.25, 0.3) is 0 Å². The number of fused-ring (bicyclic) bond motifs is 1. The maximum absolute atomic E-state index is 13.4. The summed E-state index contributed by atoms with van der Waals surface area (Å²) in [6, 6.07) is 6.70. The van der Waals surface area contributed by atoms with E-state index in [1.54, 1.807) is 38.1 Å². The number of carbonyl (C=O) groups excluding carboxylic acids is 2. The van der Waals surface area contributed by atoms with Gasteiger partial charge in [0.25, 0.3) is 0 Å². The van der Waals surface area contributed by atoms with Crippen molar-refractivity contribution in [2.75, 3.05) is 13.2 Å². The molecule has 7 heteroatoms. The molecule has 0 aromatic heterocycles. The first kappa shape index (κ1) is 24.9. The highest BCUT2D eigenvalue weighted by Crippen LogP contribution is 2.53. The van der Waals surface area contributed by atoms with E-state index in [2.05, 4.69) is 20.8 Å². The number of ketones is 2. The molecule has 0 spiro atoms. The van der Waals surface area contributed by atoms with Gasteiger partial charge in [-0.15, -0.1) is 0 Å².